The predicted molar refractivity (Wildman–Crippen MR) is 202 cm³/mol. The Balaban J connectivity index is 0.000000330. The molecule has 0 aliphatic carbocycles. The number of carboxylic acid groups (broad SMARTS) is 2. The molecule has 0 atom stereocenters. The molecule has 0 amide bonds. The number of carbonyl (C=O) groups is 2. The smallest absolute Gasteiger partial charge is 0.543 e. The summed E-state index contributed by atoms with van der Waals surface area (Å²) in [4.78, 5) is 46.2. The average Bonchev–Trinajstić information content (AvgIpc) is 3.71. The van der Waals surface area contributed by atoms with Gasteiger partial charge in [0.15, 0.2) is 11.4 Å². The van der Waals surface area contributed by atoms with Crippen LogP contribution in [0.15, 0.2) is 147 Å². The van der Waals surface area contributed by atoms with E-state index in [2.05, 4.69) is 30.7 Å². The molecule has 324 valence electrons. The molecule has 0 fully saturated rings. The van der Waals surface area contributed by atoms with E-state index in [1.165, 1.54) is 0 Å². The van der Waals surface area contributed by atoms with E-state index in [0.717, 1.165) is 106 Å². The van der Waals surface area contributed by atoms with Crippen molar-refractivity contribution in [2.24, 2.45) is 20.5 Å². The van der Waals surface area contributed by atoms with Crippen LogP contribution < -0.4 is 80.4 Å². The zero-order chi connectivity index (χ0) is 45.9. The predicted octanol–water partition coefficient (Wildman–Crippen LogP) is -5.12. The fourth-order valence-corrected chi connectivity index (χ4v) is 6.73. The Hall–Kier alpha value is -5.32. The van der Waals surface area contributed by atoms with Gasteiger partial charge >= 0.3 is 59.1 Å². The van der Waals surface area contributed by atoms with Crippen LogP contribution in [0.1, 0.15) is 21.0 Å². The van der Waals surface area contributed by atoms with Crippen molar-refractivity contribution in [1.82, 2.24) is 19.6 Å². The Labute approximate surface area is 402 Å². The second kappa shape index (κ2) is 20.7. The number of nitrogens with one attached hydrogen (secondary N) is 2. The molecule has 64 heavy (non-hydrogen) atoms. The molecule has 0 unspecified atom stereocenters. The van der Waals surface area contributed by atoms with Crippen LogP contribution in [0.3, 0.4) is 0 Å². The van der Waals surface area contributed by atoms with E-state index >= 15 is 0 Å². The van der Waals surface area contributed by atoms with Crippen LogP contribution in [-0.4, -0.2) is 83.4 Å². The first-order valence-electron chi connectivity index (χ1n) is 16.0. The molecule has 0 aliphatic rings. The molecule has 0 saturated carbocycles. The zero-order valence-electron chi connectivity index (χ0n) is 32.1. The van der Waals surface area contributed by atoms with E-state index in [0.29, 0.717) is 0 Å². The molecule has 0 radical (unpaired) electrons. The van der Waals surface area contributed by atoms with Crippen molar-refractivity contribution >= 4 is 75.2 Å². The second-order valence-corrected chi connectivity index (χ2v) is 17.5. The SMILES string of the molecule is O=C([O-])c1[nH]n(-c2ccc(S(=O)(=O)O)cc2)c(=O)c1N=Nc1ccc(S(=O)(=O)O)cc1.O=C([O-])c1[nH]n(-c2ccc(S(=O)(=O)O)cc2)c(=O)c1N=Nc1ccc(S(=O)(=O)O)cc1.[Na+].[Na+]. The van der Waals surface area contributed by atoms with Crippen molar-refractivity contribution in [3.63, 3.8) is 0 Å². The first-order chi connectivity index (χ1) is 28.8. The number of aromatic nitrogens is 4. The van der Waals surface area contributed by atoms with E-state index in [4.69, 9.17) is 18.2 Å². The van der Waals surface area contributed by atoms with Crippen LogP contribution in [0, 0.1) is 0 Å². The normalized spacial score (nSPS) is 11.9. The van der Waals surface area contributed by atoms with Crippen molar-refractivity contribution < 1.29 is 131 Å². The minimum atomic E-state index is -4.47. The Kier molecular flexibility index (Phi) is 17.1. The summed E-state index contributed by atoms with van der Waals surface area (Å²) in [7, 11) is -17.8. The van der Waals surface area contributed by atoms with Crippen molar-refractivity contribution in [2.75, 3.05) is 0 Å². The molecule has 32 heteroatoms. The number of carbonyl (C=O) groups excluding carboxylic acids is 2. The van der Waals surface area contributed by atoms with E-state index in [1.54, 1.807) is 0 Å². The number of H-pyrrole nitrogens is 2. The number of nitrogens with zero attached hydrogens (tertiary/aromatic N) is 6. The van der Waals surface area contributed by atoms with Crippen molar-refractivity contribution in [1.29, 1.82) is 0 Å². The van der Waals surface area contributed by atoms with Crippen molar-refractivity contribution in [3.8, 4) is 11.4 Å². The molecule has 4 aromatic carbocycles. The number of benzene rings is 4. The number of hydrogen-bond acceptors (Lipinski definition) is 18. The monoisotopic (exact) mass is 980 g/mol. The van der Waals surface area contributed by atoms with E-state index in [1.807, 2.05) is 0 Å². The number of aromatic amines is 2. The standard InChI is InChI=1S/2C16H12N4O9S2.2Na/c2*21-15-13(18-17-9-1-5-11(6-2-9)30(24,25)26)14(16(22)23)19-20(15)10-3-7-12(8-4-10)31(27,28)29;;/h2*1-8,19H,(H,22,23)(H,24,25,26)(H,27,28,29);;/q;;2*+1/p-2. The maximum Gasteiger partial charge on any atom is 1.00 e. The topological polar surface area (TPSA) is 423 Å². The maximum absolute atomic E-state index is 12.6. The Morgan fingerprint density at radius 1 is 0.438 bits per heavy atom. The van der Waals surface area contributed by atoms with Gasteiger partial charge in [-0.2, -0.15) is 43.9 Å². The molecular weight excluding hydrogens is 959 g/mol. The Morgan fingerprint density at radius 2 is 0.672 bits per heavy atom. The van der Waals surface area contributed by atoms with Crippen LogP contribution in [0.25, 0.3) is 11.4 Å². The van der Waals surface area contributed by atoms with Gasteiger partial charge < -0.3 is 19.8 Å². The molecule has 0 aliphatic heterocycles. The molecule has 6 N–H and O–H groups in total. The molecule has 6 aromatic rings. The van der Waals surface area contributed by atoms with Gasteiger partial charge in [0.1, 0.15) is 11.4 Å². The van der Waals surface area contributed by atoms with E-state index in [9.17, 15) is 63.1 Å². The zero-order valence-corrected chi connectivity index (χ0v) is 39.3. The Bertz CT molecular complexity index is 3140. The van der Waals surface area contributed by atoms with Gasteiger partial charge in [-0.15, -0.1) is 10.2 Å². The van der Waals surface area contributed by atoms with Gasteiger partial charge in [0, 0.05) is 0 Å². The summed E-state index contributed by atoms with van der Waals surface area (Å²) in [6.45, 7) is 0. The molecule has 2 aromatic heterocycles. The molecule has 6 rings (SSSR count). The fourth-order valence-electron chi connectivity index (χ4n) is 4.81. The third-order valence-electron chi connectivity index (χ3n) is 7.73. The summed E-state index contributed by atoms with van der Waals surface area (Å²) in [5, 5.41) is 41.7. The van der Waals surface area contributed by atoms with Crippen LogP contribution in [0.5, 0.6) is 0 Å². The van der Waals surface area contributed by atoms with E-state index in [-0.39, 0.29) is 81.9 Å². The molecule has 26 nitrogen and oxygen atoms in total. The number of hydrogen-bond donors (Lipinski definition) is 6. The molecule has 2 heterocycles. The van der Waals surface area contributed by atoms with Crippen LogP contribution >= 0.6 is 0 Å². The van der Waals surface area contributed by atoms with E-state index < -0.39 is 106 Å². The van der Waals surface area contributed by atoms with Gasteiger partial charge in [-0.3, -0.25) is 38.0 Å². The van der Waals surface area contributed by atoms with Crippen LogP contribution in [0.4, 0.5) is 22.7 Å². The number of rotatable bonds is 12. The molecule has 0 saturated heterocycles. The Morgan fingerprint density at radius 3 is 0.891 bits per heavy atom. The quantitative estimate of drug-likeness (QED) is 0.0379. The minimum Gasteiger partial charge on any atom is -0.543 e. The third-order valence-corrected chi connectivity index (χ3v) is 11.2. The summed E-state index contributed by atoms with van der Waals surface area (Å²) < 4.78 is 126. The summed E-state index contributed by atoms with van der Waals surface area (Å²) in [5.41, 5.74) is -4.51. The first kappa shape index (κ1) is 53.0. The third kappa shape index (κ3) is 12.9. The van der Waals surface area contributed by atoms with Crippen molar-refractivity contribution in [2.45, 2.75) is 19.6 Å². The second-order valence-electron chi connectivity index (χ2n) is 11.8. The van der Waals surface area contributed by atoms with Gasteiger partial charge in [-0.05, 0) is 97.1 Å². The van der Waals surface area contributed by atoms with Gasteiger partial charge in [0.25, 0.3) is 51.6 Å². The number of azo groups is 2. The van der Waals surface area contributed by atoms with Crippen molar-refractivity contribution in [3.05, 3.63) is 129 Å². The number of aromatic carboxylic acids is 2. The summed E-state index contributed by atoms with van der Waals surface area (Å²) in [6, 6.07) is 17.2. The summed E-state index contributed by atoms with van der Waals surface area (Å²) in [6.07, 6.45) is 0. The molecular formula is C32H22N8Na2O18S4. The van der Waals surface area contributed by atoms with Gasteiger partial charge in [0.2, 0.25) is 0 Å². The largest absolute Gasteiger partial charge is 1.00 e. The van der Waals surface area contributed by atoms with Gasteiger partial charge in [0.05, 0.1) is 54.3 Å². The van der Waals surface area contributed by atoms with Gasteiger partial charge in [-0.25, -0.2) is 9.36 Å². The van der Waals surface area contributed by atoms with Gasteiger partial charge in [-0.1, -0.05) is 0 Å². The maximum atomic E-state index is 12.6. The average molecular weight is 981 g/mol. The summed E-state index contributed by atoms with van der Waals surface area (Å²) in [5.74, 6) is -3.55. The minimum absolute atomic E-state index is 0. The fraction of sp³-hybridized carbons (Fsp3) is 0. The number of carboxylic acids is 2. The summed E-state index contributed by atoms with van der Waals surface area (Å²) >= 11 is 0. The molecule has 0 spiro atoms. The molecule has 0 bridgehead atoms. The van der Waals surface area contributed by atoms with Crippen LogP contribution in [0.2, 0.25) is 0 Å². The van der Waals surface area contributed by atoms with Crippen LogP contribution in [-0.2, 0) is 40.5 Å². The first-order valence-corrected chi connectivity index (χ1v) is 21.8.